The number of amides is 1. The van der Waals surface area contributed by atoms with E-state index in [0.717, 1.165) is 23.0 Å². The number of nitrogens with one attached hydrogen (secondary N) is 1. The predicted octanol–water partition coefficient (Wildman–Crippen LogP) is 4.32. The number of carbonyl (C=O) groups excluding carboxylic acids is 1. The molecule has 1 amide bonds. The number of fused-ring (bicyclic) bond motifs is 1. The van der Waals surface area contributed by atoms with E-state index in [2.05, 4.69) is 52.1 Å². The molecule has 4 aromatic rings. The quantitative estimate of drug-likeness (QED) is 0.579. The molecule has 4 rings (SSSR count). The second-order valence-corrected chi connectivity index (χ2v) is 6.71. The van der Waals surface area contributed by atoms with Crippen molar-refractivity contribution in [3.05, 3.63) is 102 Å². The Morgan fingerprint density at radius 1 is 0.963 bits per heavy atom. The first kappa shape index (κ1) is 17.0. The molecule has 4 heteroatoms. The highest BCUT2D eigenvalue weighted by Crippen LogP contribution is 2.22. The second kappa shape index (κ2) is 7.46. The number of para-hydroxylation sites is 1. The topological polar surface area (TPSA) is 46.9 Å². The first-order chi connectivity index (χ1) is 13.2. The summed E-state index contributed by atoms with van der Waals surface area (Å²) in [6.45, 7) is 3.30. The lowest BCUT2D eigenvalue weighted by Crippen LogP contribution is -2.22. The molecule has 0 radical (unpaired) electrons. The van der Waals surface area contributed by atoms with E-state index in [9.17, 15) is 4.79 Å². The van der Waals surface area contributed by atoms with Crippen molar-refractivity contribution < 1.29 is 4.79 Å². The highest BCUT2D eigenvalue weighted by molar-refractivity contribution is 6.07. The van der Waals surface area contributed by atoms with E-state index in [1.165, 1.54) is 11.1 Å². The van der Waals surface area contributed by atoms with Gasteiger partial charge in [0.1, 0.15) is 0 Å². The standard InChI is InChI=1S/C23H21N3O/c1-17-6-8-19(9-7-17)15-26-16-21(20-4-2-3-5-22(20)26)23(27)25-14-18-10-12-24-13-11-18/h2-13,16H,14-15H2,1H3,(H,25,27). The molecule has 0 aliphatic carbocycles. The number of pyridine rings is 1. The van der Waals surface area contributed by atoms with E-state index < -0.39 is 0 Å². The molecule has 0 saturated carbocycles. The van der Waals surface area contributed by atoms with Crippen LogP contribution >= 0.6 is 0 Å². The molecule has 0 atom stereocenters. The SMILES string of the molecule is Cc1ccc(Cn2cc(C(=O)NCc3ccncc3)c3ccccc32)cc1. The zero-order chi connectivity index (χ0) is 18.6. The number of carbonyl (C=O) groups is 1. The molecular weight excluding hydrogens is 334 g/mol. The minimum absolute atomic E-state index is 0.0642. The zero-order valence-corrected chi connectivity index (χ0v) is 15.2. The lowest BCUT2D eigenvalue weighted by atomic mass is 10.1. The molecule has 4 nitrogen and oxygen atoms in total. The van der Waals surface area contributed by atoms with Gasteiger partial charge in [-0.2, -0.15) is 0 Å². The van der Waals surface area contributed by atoms with Crippen molar-refractivity contribution in [3.8, 4) is 0 Å². The minimum atomic E-state index is -0.0642. The average molecular weight is 355 g/mol. The number of benzene rings is 2. The largest absolute Gasteiger partial charge is 0.348 e. The van der Waals surface area contributed by atoms with Crippen LogP contribution in [0.2, 0.25) is 0 Å². The Morgan fingerprint density at radius 3 is 2.48 bits per heavy atom. The van der Waals surface area contributed by atoms with Crippen molar-refractivity contribution in [1.82, 2.24) is 14.9 Å². The Bertz CT molecular complexity index is 1070. The van der Waals surface area contributed by atoms with E-state index in [1.54, 1.807) is 12.4 Å². The third-order valence-corrected chi connectivity index (χ3v) is 4.71. The van der Waals surface area contributed by atoms with Crippen molar-refractivity contribution in [2.75, 3.05) is 0 Å². The van der Waals surface area contributed by atoms with Crippen molar-refractivity contribution in [3.63, 3.8) is 0 Å². The molecule has 2 aromatic carbocycles. The highest BCUT2D eigenvalue weighted by Gasteiger charge is 2.14. The Labute approximate surface area is 158 Å². The van der Waals surface area contributed by atoms with Gasteiger partial charge >= 0.3 is 0 Å². The second-order valence-electron chi connectivity index (χ2n) is 6.71. The van der Waals surface area contributed by atoms with Crippen LogP contribution in [0.15, 0.2) is 79.3 Å². The number of hydrogen-bond acceptors (Lipinski definition) is 2. The molecule has 0 aliphatic rings. The van der Waals surface area contributed by atoms with Crippen molar-refractivity contribution >= 4 is 16.8 Å². The summed E-state index contributed by atoms with van der Waals surface area (Å²) in [4.78, 5) is 16.8. The fraction of sp³-hybridized carbons (Fsp3) is 0.130. The molecule has 0 aliphatic heterocycles. The minimum Gasteiger partial charge on any atom is -0.348 e. The maximum atomic E-state index is 12.8. The van der Waals surface area contributed by atoms with E-state index in [4.69, 9.17) is 0 Å². The molecular formula is C23H21N3O. The summed E-state index contributed by atoms with van der Waals surface area (Å²) in [6.07, 6.45) is 5.41. The third kappa shape index (κ3) is 3.75. The van der Waals surface area contributed by atoms with Gasteiger partial charge in [0.15, 0.2) is 0 Å². The molecule has 2 aromatic heterocycles. The van der Waals surface area contributed by atoms with E-state index >= 15 is 0 Å². The normalized spacial score (nSPS) is 10.9. The molecule has 2 heterocycles. The Morgan fingerprint density at radius 2 is 1.70 bits per heavy atom. The van der Waals surface area contributed by atoms with Gasteiger partial charge in [-0.05, 0) is 36.2 Å². The van der Waals surface area contributed by atoms with Crippen molar-refractivity contribution in [1.29, 1.82) is 0 Å². The monoisotopic (exact) mass is 355 g/mol. The van der Waals surface area contributed by atoms with Crippen molar-refractivity contribution in [2.45, 2.75) is 20.0 Å². The molecule has 134 valence electrons. The van der Waals surface area contributed by atoms with Crippen LogP contribution in [0, 0.1) is 6.92 Å². The van der Waals surface area contributed by atoms with Crippen LogP contribution < -0.4 is 5.32 Å². The van der Waals surface area contributed by atoms with Gasteiger partial charge in [0.05, 0.1) is 5.56 Å². The number of rotatable bonds is 5. The van der Waals surface area contributed by atoms with Crippen LogP contribution in [-0.2, 0) is 13.1 Å². The maximum Gasteiger partial charge on any atom is 0.253 e. The summed E-state index contributed by atoms with van der Waals surface area (Å²) < 4.78 is 2.14. The summed E-state index contributed by atoms with van der Waals surface area (Å²) in [5.74, 6) is -0.0642. The average Bonchev–Trinajstić information content (AvgIpc) is 3.07. The lowest BCUT2D eigenvalue weighted by Gasteiger charge is -2.06. The Balaban J connectivity index is 1.61. The summed E-state index contributed by atoms with van der Waals surface area (Å²) >= 11 is 0. The Hall–Kier alpha value is -3.40. The van der Waals surface area contributed by atoms with Crippen LogP contribution in [-0.4, -0.2) is 15.5 Å². The van der Waals surface area contributed by atoms with Crippen LogP contribution in [0.4, 0.5) is 0 Å². The van der Waals surface area contributed by atoms with Gasteiger partial charge in [0.25, 0.3) is 5.91 Å². The molecule has 0 spiro atoms. The first-order valence-corrected chi connectivity index (χ1v) is 9.01. The zero-order valence-electron chi connectivity index (χ0n) is 15.2. The number of hydrogen-bond donors (Lipinski definition) is 1. The predicted molar refractivity (Wildman–Crippen MR) is 108 cm³/mol. The van der Waals surface area contributed by atoms with Crippen molar-refractivity contribution in [2.24, 2.45) is 0 Å². The number of aryl methyl sites for hydroxylation is 1. The van der Waals surface area contributed by atoms with E-state index in [0.29, 0.717) is 12.1 Å². The van der Waals surface area contributed by atoms with Gasteiger partial charge in [-0.25, -0.2) is 0 Å². The molecule has 0 unspecified atom stereocenters. The van der Waals surface area contributed by atoms with E-state index in [-0.39, 0.29) is 5.91 Å². The summed E-state index contributed by atoms with van der Waals surface area (Å²) in [7, 11) is 0. The number of nitrogens with zero attached hydrogens (tertiary/aromatic N) is 2. The fourth-order valence-corrected chi connectivity index (χ4v) is 3.23. The van der Waals surface area contributed by atoms with Crippen LogP contribution in [0.3, 0.4) is 0 Å². The molecule has 27 heavy (non-hydrogen) atoms. The van der Waals surface area contributed by atoms with E-state index in [1.807, 2.05) is 36.5 Å². The lowest BCUT2D eigenvalue weighted by molar-refractivity contribution is 0.0952. The first-order valence-electron chi connectivity index (χ1n) is 9.01. The summed E-state index contributed by atoms with van der Waals surface area (Å²) in [5.41, 5.74) is 5.25. The summed E-state index contributed by atoms with van der Waals surface area (Å²) in [6, 6.07) is 20.3. The summed E-state index contributed by atoms with van der Waals surface area (Å²) in [5, 5.41) is 3.98. The van der Waals surface area contributed by atoms with Crippen LogP contribution in [0.5, 0.6) is 0 Å². The Kier molecular flexibility index (Phi) is 4.71. The molecule has 0 saturated heterocycles. The van der Waals surface area contributed by atoms with Gasteiger partial charge in [0, 0.05) is 42.6 Å². The van der Waals surface area contributed by atoms with Crippen LogP contribution in [0.1, 0.15) is 27.0 Å². The highest BCUT2D eigenvalue weighted by atomic mass is 16.1. The fourth-order valence-electron chi connectivity index (χ4n) is 3.23. The number of aromatic nitrogens is 2. The maximum absolute atomic E-state index is 12.8. The van der Waals surface area contributed by atoms with Gasteiger partial charge in [-0.1, -0.05) is 48.0 Å². The molecule has 1 N–H and O–H groups in total. The molecule has 0 bridgehead atoms. The van der Waals surface area contributed by atoms with Gasteiger partial charge in [0.2, 0.25) is 0 Å². The third-order valence-electron chi connectivity index (χ3n) is 4.71. The van der Waals surface area contributed by atoms with Gasteiger partial charge < -0.3 is 9.88 Å². The van der Waals surface area contributed by atoms with Gasteiger partial charge in [-0.3, -0.25) is 9.78 Å². The smallest absolute Gasteiger partial charge is 0.253 e. The van der Waals surface area contributed by atoms with Gasteiger partial charge in [-0.15, -0.1) is 0 Å². The van der Waals surface area contributed by atoms with Crippen LogP contribution in [0.25, 0.3) is 10.9 Å². The molecule has 0 fully saturated rings.